The minimum Gasteiger partial charge on any atom is -0.395 e. The van der Waals surface area contributed by atoms with Gasteiger partial charge in [0.25, 0.3) is 5.91 Å². The van der Waals surface area contributed by atoms with E-state index in [-0.39, 0.29) is 35.6 Å². The summed E-state index contributed by atoms with van der Waals surface area (Å²) in [5.41, 5.74) is 1.62. The summed E-state index contributed by atoms with van der Waals surface area (Å²) in [6, 6.07) is 6.31. The molecular weight excluding hydrogens is 416 g/mol. The third-order valence-electron chi connectivity index (χ3n) is 6.33. The molecule has 1 aromatic rings. The largest absolute Gasteiger partial charge is 0.395 e. The number of piperazine rings is 1. The molecule has 4 rings (SSSR count). The Kier molecular flexibility index (Phi) is 6.55. The molecule has 0 aromatic heterocycles. The molecule has 8 nitrogen and oxygen atoms in total. The van der Waals surface area contributed by atoms with Crippen LogP contribution in [-0.2, 0) is 9.59 Å². The van der Waals surface area contributed by atoms with E-state index in [0.717, 1.165) is 5.56 Å². The fourth-order valence-corrected chi connectivity index (χ4v) is 6.00. The van der Waals surface area contributed by atoms with Crippen molar-refractivity contribution >= 4 is 29.5 Å². The number of nitrogens with one attached hydrogen (secondary N) is 1. The summed E-state index contributed by atoms with van der Waals surface area (Å²) in [6.07, 6.45) is 0. The van der Waals surface area contributed by atoms with Crippen LogP contribution in [0.25, 0.3) is 0 Å². The number of β-amino-alcohol motifs (C(OH)–C–C–N with tert-alkyl or cyclic N) is 1. The van der Waals surface area contributed by atoms with Gasteiger partial charge in [-0.15, -0.1) is 11.8 Å². The summed E-state index contributed by atoms with van der Waals surface area (Å²) in [5.74, 6) is 0.00359. The van der Waals surface area contributed by atoms with Crippen LogP contribution in [0, 0.1) is 5.92 Å². The number of benzene rings is 1. The molecule has 3 amide bonds. The van der Waals surface area contributed by atoms with E-state index in [1.165, 1.54) is 0 Å². The highest BCUT2D eigenvalue weighted by Crippen LogP contribution is 2.48. The van der Waals surface area contributed by atoms with Crippen molar-refractivity contribution in [3.63, 3.8) is 0 Å². The third kappa shape index (κ3) is 4.18. The van der Waals surface area contributed by atoms with Gasteiger partial charge in [0.15, 0.2) is 0 Å². The topological polar surface area (TPSA) is 93.2 Å². The molecule has 3 atom stereocenters. The van der Waals surface area contributed by atoms with Crippen molar-refractivity contribution < 1.29 is 19.5 Å². The second-order valence-corrected chi connectivity index (χ2v) is 9.74. The van der Waals surface area contributed by atoms with Crippen LogP contribution in [-0.4, -0.2) is 94.7 Å². The van der Waals surface area contributed by atoms with E-state index in [1.54, 1.807) is 21.6 Å². The van der Waals surface area contributed by atoms with Crippen LogP contribution >= 0.6 is 11.8 Å². The summed E-state index contributed by atoms with van der Waals surface area (Å²) in [7, 11) is 0. The number of hydrogen-bond acceptors (Lipinski definition) is 6. The number of thioether (sulfide) groups is 1. The van der Waals surface area contributed by atoms with Crippen LogP contribution in [0.15, 0.2) is 24.3 Å². The first-order chi connectivity index (χ1) is 14.9. The lowest BCUT2D eigenvalue weighted by Crippen LogP contribution is -2.58. The highest BCUT2D eigenvalue weighted by molar-refractivity contribution is 7.99. The second-order valence-electron chi connectivity index (χ2n) is 8.62. The van der Waals surface area contributed by atoms with Gasteiger partial charge in [0.1, 0.15) is 17.5 Å². The van der Waals surface area contributed by atoms with Gasteiger partial charge in [0.2, 0.25) is 11.8 Å². The van der Waals surface area contributed by atoms with E-state index in [0.29, 0.717) is 44.0 Å². The normalized spacial score (nSPS) is 24.3. The first-order valence-corrected chi connectivity index (χ1v) is 11.9. The zero-order valence-corrected chi connectivity index (χ0v) is 18.8. The van der Waals surface area contributed by atoms with Crippen LogP contribution in [0.1, 0.15) is 35.1 Å². The number of aliphatic hydroxyl groups is 1. The summed E-state index contributed by atoms with van der Waals surface area (Å²) in [5, 5.41) is 11.9. The maximum atomic E-state index is 13.2. The first-order valence-electron chi connectivity index (χ1n) is 10.9. The minimum atomic E-state index is -0.624. The van der Waals surface area contributed by atoms with Crippen molar-refractivity contribution in [1.82, 2.24) is 20.0 Å². The Bertz CT molecular complexity index is 856. The lowest BCUT2D eigenvalue weighted by Gasteiger charge is -2.37. The lowest BCUT2D eigenvalue weighted by atomic mass is 10.0. The molecule has 9 heteroatoms. The first kappa shape index (κ1) is 22.1. The number of carbonyl (C=O) groups is 3. The maximum absolute atomic E-state index is 13.2. The van der Waals surface area contributed by atoms with Crippen LogP contribution in [0.4, 0.5) is 0 Å². The molecule has 3 unspecified atom stereocenters. The number of aliphatic hydroxyl groups excluding tert-OH is 1. The molecule has 3 aliphatic heterocycles. The minimum absolute atomic E-state index is 0.0664. The molecule has 0 bridgehead atoms. The second kappa shape index (κ2) is 9.18. The predicted molar refractivity (Wildman–Crippen MR) is 118 cm³/mol. The number of carbonyl (C=O) groups excluding carboxylic acids is 3. The van der Waals surface area contributed by atoms with Gasteiger partial charge in [0.05, 0.1) is 6.61 Å². The van der Waals surface area contributed by atoms with E-state index < -0.39 is 12.1 Å². The lowest BCUT2D eigenvalue weighted by molar-refractivity contribution is -0.140. The molecule has 3 heterocycles. The van der Waals surface area contributed by atoms with Gasteiger partial charge in [-0.05, 0) is 17.5 Å². The van der Waals surface area contributed by atoms with Gasteiger partial charge < -0.3 is 20.2 Å². The Balaban J connectivity index is 1.42. The monoisotopic (exact) mass is 446 g/mol. The Labute approximate surface area is 186 Å². The number of fused-ring (bicyclic) bond motifs is 3. The number of amides is 3. The molecule has 0 aliphatic carbocycles. The molecule has 31 heavy (non-hydrogen) atoms. The van der Waals surface area contributed by atoms with Gasteiger partial charge in [-0.25, -0.2) is 0 Å². The highest BCUT2D eigenvalue weighted by Gasteiger charge is 2.49. The summed E-state index contributed by atoms with van der Waals surface area (Å²) in [4.78, 5) is 44.9. The Morgan fingerprint density at radius 3 is 2.58 bits per heavy atom. The van der Waals surface area contributed by atoms with Crippen molar-refractivity contribution in [1.29, 1.82) is 0 Å². The summed E-state index contributed by atoms with van der Waals surface area (Å²) >= 11 is 1.60. The molecule has 0 radical (unpaired) electrons. The van der Waals surface area contributed by atoms with Crippen LogP contribution in [0.5, 0.6) is 0 Å². The van der Waals surface area contributed by atoms with Crippen molar-refractivity contribution in [2.75, 3.05) is 45.1 Å². The maximum Gasteiger partial charge on any atom is 0.256 e. The molecular formula is C22H30N4O4S. The van der Waals surface area contributed by atoms with Gasteiger partial charge in [-0.2, -0.15) is 0 Å². The molecule has 3 aliphatic rings. The molecule has 2 N–H and O–H groups in total. The number of rotatable bonds is 6. The Morgan fingerprint density at radius 1 is 1.19 bits per heavy atom. The smallest absolute Gasteiger partial charge is 0.256 e. The molecule has 0 saturated carbocycles. The number of hydrogen-bond donors (Lipinski definition) is 2. The van der Waals surface area contributed by atoms with Gasteiger partial charge in [-0.1, -0.05) is 32.0 Å². The standard InChI is InChI=1S/C22H30N4O4S/c1-14(2)18(21(30)25-9-7-24(8-10-25)11-12-27)23-19(28)17-13-31-22-16-6-4-3-5-15(16)20(29)26(17)22/h3-6,14,17-18,22,27H,7-13H2,1-2H3,(H,23,28). The number of nitrogens with zero attached hydrogens (tertiary/aromatic N) is 3. The SMILES string of the molecule is CC(C)C(NC(=O)C1CSC2c3ccccc3C(=O)N12)C(=O)N1CCN(CCO)CC1. The van der Waals surface area contributed by atoms with Crippen LogP contribution in [0.3, 0.4) is 0 Å². The molecule has 1 aromatic carbocycles. The Hall–Kier alpha value is -2.10. The average molecular weight is 447 g/mol. The molecule has 168 valence electrons. The third-order valence-corrected chi connectivity index (χ3v) is 7.63. The van der Waals surface area contributed by atoms with Crippen LogP contribution in [0.2, 0.25) is 0 Å². The van der Waals surface area contributed by atoms with Gasteiger partial charge in [-0.3, -0.25) is 19.3 Å². The van der Waals surface area contributed by atoms with E-state index in [2.05, 4.69) is 10.2 Å². The zero-order chi connectivity index (χ0) is 22.1. The average Bonchev–Trinajstić information content (AvgIpc) is 3.32. The van der Waals surface area contributed by atoms with Crippen molar-refractivity contribution in [3.8, 4) is 0 Å². The summed E-state index contributed by atoms with van der Waals surface area (Å²) in [6.45, 7) is 7.16. The van der Waals surface area contributed by atoms with Crippen molar-refractivity contribution in [3.05, 3.63) is 35.4 Å². The fraction of sp³-hybridized carbons (Fsp3) is 0.591. The fourth-order valence-electron chi connectivity index (χ4n) is 4.54. The van der Waals surface area contributed by atoms with Crippen molar-refractivity contribution in [2.45, 2.75) is 31.3 Å². The van der Waals surface area contributed by atoms with E-state index in [4.69, 9.17) is 5.11 Å². The predicted octanol–water partition coefficient (Wildman–Crippen LogP) is 0.534. The molecule has 2 saturated heterocycles. The quantitative estimate of drug-likeness (QED) is 0.662. The molecule has 0 spiro atoms. The van der Waals surface area contributed by atoms with Gasteiger partial charge in [0, 0.05) is 44.0 Å². The highest BCUT2D eigenvalue weighted by atomic mass is 32.2. The van der Waals surface area contributed by atoms with E-state index in [9.17, 15) is 14.4 Å². The molecule has 2 fully saturated rings. The van der Waals surface area contributed by atoms with E-state index >= 15 is 0 Å². The van der Waals surface area contributed by atoms with Crippen molar-refractivity contribution in [2.24, 2.45) is 5.92 Å². The van der Waals surface area contributed by atoms with E-state index in [1.807, 2.05) is 38.1 Å². The van der Waals surface area contributed by atoms with Gasteiger partial charge >= 0.3 is 0 Å². The summed E-state index contributed by atoms with van der Waals surface area (Å²) < 4.78 is 0. The van der Waals surface area contributed by atoms with Crippen LogP contribution < -0.4 is 5.32 Å². The Morgan fingerprint density at radius 2 is 1.90 bits per heavy atom. The zero-order valence-electron chi connectivity index (χ0n) is 18.0.